The lowest BCUT2D eigenvalue weighted by Gasteiger charge is -2.38. The first kappa shape index (κ1) is 19.4. The van der Waals surface area contributed by atoms with Gasteiger partial charge in [-0.25, -0.2) is 0 Å². The highest BCUT2D eigenvalue weighted by Gasteiger charge is 2.27. The molecule has 1 fully saturated rings. The van der Waals surface area contributed by atoms with Crippen molar-refractivity contribution in [3.63, 3.8) is 0 Å². The molecule has 5 heteroatoms. The number of likely N-dealkylation sites (tertiary alicyclic amines) is 1. The predicted molar refractivity (Wildman–Crippen MR) is 106 cm³/mol. The molecule has 0 spiro atoms. The molecule has 2 atom stereocenters. The Bertz CT molecular complexity index is 700. The number of benzene rings is 1. The number of aliphatic hydroxyl groups is 1. The molecule has 2 heterocycles. The lowest BCUT2D eigenvalue weighted by atomic mass is 9.89. The van der Waals surface area contributed by atoms with Crippen LogP contribution in [0.1, 0.15) is 12.0 Å². The molecule has 26 heavy (non-hydrogen) atoms. The zero-order chi connectivity index (χ0) is 18.5. The van der Waals surface area contributed by atoms with Crippen molar-refractivity contribution >= 4 is 10.9 Å². The highest BCUT2D eigenvalue weighted by molar-refractivity contribution is 5.80. The number of piperidine rings is 1. The Labute approximate surface area is 157 Å². The molecule has 1 aliphatic rings. The quantitative estimate of drug-likeness (QED) is 0.784. The summed E-state index contributed by atoms with van der Waals surface area (Å²) in [7, 11) is 6.00. The summed E-state index contributed by atoms with van der Waals surface area (Å²) in [6, 6.07) is 8.94. The van der Waals surface area contributed by atoms with Crippen LogP contribution in [-0.4, -0.2) is 73.0 Å². The number of likely N-dealkylation sites (N-methyl/N-ethyl adjacent to an activating group) is 1. The van der Waals surface area contributed by atoms with Gasteiger partial charge in [0, 0.05) is 65.2 Å². The minimum absolute atomic E-state index is 0.284. The van der Waals surface area contributed by atoms with Gasteiger partial charge in [0.2, 0.25) is 0 Å². The Balaban J connectivity index is 1.63. The van der Waals surface area contributed by atoms with Gasteiger partial charge in [0.05, 0.1) is 6.61 Å². The average molecular weight is 360 g/mol. The zero-order valence-corrected chi connectivity index (χ0v) is 16.4. The molecule has 5 nitrogen and oxygen atoms in total. The number of hydrogen-bond acceptors (Lipinski definition) is 4. The van der Waals surface area contributed by atoms with Gasteiger partial charge in [-0.1, -0.05) is 6.07 Å². The minimum atomic E-state index is 0.284. The molecule has 1 aromatic carbocycles. The fourth-order valence-corrected chi connectivity index (χ4v) is 4.29. The molecule has 0 radical (unpaired) electrons. The van der Waals surface area contributed by atoms with E-state index in [0.29, 0.717) is 11.8 Å². The topological polar surface area (TPSA) is 40.9 Å². The average Bonchev–Trinajstić information content (AvgIpc) is 3.00. The predicted octanol–water partition coefficient (Wildman–Crippen LogP) is 2.19. The van der Waals surface area contributed by atoms with Gasteiger partial charge in [0.15, 0.2) is 0 Å². The highest BCUT2D eigenvalue weighted by atomic mass is 16.5. The summed E-state index contributed by atoms with van der Waals surface area (Å²) in [6.45, 7) is 6.12. The van der Waals surface area contributed by atoms with Gasteiger partial charge < -0.3 is 19.3 Å². The minimum Gasteiger partial charge on any atom is -0.396 e. The van der Waals surface area contributed by atoms with Crippen LogP contribution in [0.4, 0.5) is 0 Å². The Hall–Kier alpha value is -1.40. The van der Waals surface area contributed by atoms with E-state index in [1.54, 1.807) is 7.11 Å². The van der Waals surface area contributed by atoms with Crippen LogP contribution in [0.3, 0.4) is 0 Å². The Kier molecular flexibility index (Phi) is 6.70. The van der Waals surface area contributed by atoms with E-state index in [-0.39, 0.29) is 6.61 Å². The maximum atomic E-state index is 9.75. The van der Waals surface area contributed by atoms with E-state index in [1.165, 1.54) is 16.5 Å². The number of fused-ring (bicyclic) bond motifs is 1. The first-order valence-electron chi connectivity index (χ1n) is 9.63. The van der Waals surface area contributed by atoms with Crippen LogP contribution in [0, 0.1) is 11.8 Å². The summed E-state index contributed by atoms with van der Waals surface area (Å²) in [4.78, 5) is 4.87. The van der Waals surface area contributed by atoms with Crippen molar-refractivity contribution in [3.8, 4) is 0 Å². The first-order valence-corrected chi connectivity index (χ1v) is 9.63. The van der Waals surface area contributed by atoms with Crippen molar-refractivity contribution in [1.82, 2.24) is 14.4 Å². The summed E-state index contributed by atoms with van der Waals surface area (Å²) in [5, 5.41) is 11.1. The van der Waals surface area contributed by atoms with Crippen LogP contribution in [0.5, 0.6) is 0 Å². The third kappa shape index (κ3) is 4.86. The van der Waals surface area contributed by atoms with Gasteiger partial charge in [-0.2, -0.15) is 0 Å². The molecule has 2 aromatic rings. The molecule has 0 bridgehead atoms. The third-order valence-corrected chi connectivity index (χ3v) is 5.56. The molecular weight excluding hydrogens is 326 g/mol. The van der Waals surface area contributed by atoms with Gasteiger partial charge in [0.1, 0.15) is 0 Å². The van der Waals surface area contributed by atoms with E-state index in [1.807, 2.05) is 0 Å². The Morgan fingerprint density at radius 1 is 1.23 bits per heavy atom. The van der Waals surface area contributed by atoms with Crippen molar-refractivity contribution in [2.75, 3.05) is 53.6 Å². The number of methoxy groups -OCH3 is 1. The molecular formula is C21H33N3O2. The number of rotatable bonds is 8. The Morgan fingerprint density at radius 3 is 2.81 bits per heavy atom. The van der Waals surface area contributed by atoms with Crippen molar-refractivity contribution in [3.05, 3.63) is 36.0 Å². The van der Waals surface area contributed by atoms with Gasteiger partial charge in [-0.05, 0) is 54.5 Å². The lowest BCUT2D eigenvalue weighted by Crippen LogP contribution is -2.45. The maximum absolute atomic E-state index is 9.75. The summed E-state index contributed by atoms with van der Waals surface area (Å²) in [6.07, 6.45) is 3.23. The SMILES string of the molecule is COCCN(C)C[C@H]1C[C@H](CO)CN(Cc2ccc3c(ccn3C)c2)C1. The van der Waals surface area contributed by atoms with E-state index in [2.05, 4.69) is 58.9 Å². The molecule has 1 aliphatic heterocycles. The summed E-state index contributed by atoms with van der Waals surface area (Å²) >= 11 is 0. The summed E-state index contributed by atoms with van der Waals surface area (Å²) < 4.78 is 7.35. The molecule has 144 valence electrons. The van der Waals surface area contributed by atoms with Crippen LogP contribution in [0.15, 0.2) is 30.5 Å². The van der Waals surface area contributed by atoms with Gasteiger partial charge >= 0.3 is 0 Å². The first-order chi connectivity index (χ1) is 12.6. The standard InChI is InChI=1S/C21H33N3O2/c1-22(8-9-26-3)12-18-10-19(16-25)15-24(14-18)13-17-4-5-21-20(11-17)6-7-23(21)2/h4-7,11,18-19,25H,8-10,12-16H2,1-3H3/t18-,19+/m1/s1. The van der Waals surface area contributed by atoms with E-state index in [4.69, 9.17) is 4.74 Å². The number of aromatic nitrogens is 1. The van der Waals surface area contributed by atoms with Gasteiger partial charge in [0.25, 0.3) is 0 Å². The van der Waals surface area contributed by atoms with E-state index >= 15 is 0 Å². The number of aliphatic hydroxyl groups excluding tert-OH is 1. The second kappa shape index (κ2) is 9.00. The smallest absolute Gasteiger partial charge is 0.0589 e. The van der Waals surface area contributed by atoms with Crippen LogP contribution in [-0.2, 0) is 18.3 Å². The van der Waals surface area contributed by atoms with Gasteiger partial charge in [-0.3, -0.25) is 4.90 Å². The van der Waals surface area contributed by atoms with E-state index < -0.39 is 0 Å². The molecule has 0 aliphatic carbocycles. The molecule has 0 saturated carbocycles. The number of hydrogen-bond donors (Lipinski definition) is 1. The molecule has 3 rings (SSSR count). The van der Waals surface area contributed by atoms with Crippen molar-refractivity contribution in [2.45, 2.75) is 13.0 Å². The van der Waals surface area contributed by atoms with E-state index in [9.17, 15) is 5.11 Å². The zero-order valence-electron chi connectivity index (χ0n) is 16.4. The van der Waals surface area contributed by atoms with Crippen LogP contribution in [0.2, 0.25) is 0 Å². The van der Waals surface area contributed by atoms with Gasteiger partial charge in [-0.15, -0.1) is 0 Å². The second-order valence-corrected chi connectivity index (χ2v) is 7.92. The fraction of sp³-hybridized carbons (Fsp3) is 0.619. The molecule has 1 saturated heterocycles. The summed E-state index contributed by atoms with van der Waals surface area (Å²) in [5.41, 5.74) is 2.63. The normalized spacial score (nSPS) is 21.7. The highest BCUT2D eigenvalue weighted by Crippen LogP contribution is 2.25. The molecule has 1 N–H and O–H groups in total. The largest absolute Gasteiger partial charge is 0.396 e. The van der Waals surface area contributed by atoms with Crippen LogP contribution < -0.4 is 0 Å². The number of aryl methyl sites for hydroxylation is 1. The molecule has 0 unspecified atom stereocenters. The molecule has 0 amide bonds. The third-order valence-electron chi connectivity index (χ3n) is 5.56. The van der Waals surface area contributed by atoms with Crippen LogP contribution in [0.25, 0.3) is 10.9 Å². The number of ether oxygens (including phenoxy) is 1. The second-order valence-electron chi connectivity index (χ2n) is 7.92. The number of nitrogens with zero attached hydrogens (tertiary/aromatic N) is 3. The Morgan fingerprint density at radius 2 is 2.04 bits per heavy atom. The molecule has 1 aromatic heterocycles. The monoisotopic (exact) mass is 359 g/mol. The van der Waals surface area contributed by atoms with E-state index in [0.717, 1.165) is 45.8 Å². The summed E-state index contributed by atoms with van der Waals surface area (Å²) in [5.74, 6) is 0.980. The maximum Gasteiger partial charge on any atom is 0.0589 e. The van der Waals surface area contributed by atoms with Crippen molar-refractivity contribution in [1.29, 1.82) is 0 Å². The van der Waals surface area contributed by atoms with Crippen molar-refractivity contribution in [2.24, 2.45) is 18.9 Å². The fourth-order valence-electron chi connectivity index (χ4n) is 4.29. The lowest BCUT2D eigenvalue weighted by molar-refractivity contribution is 0.0615. The van der Waals surface area contributed by atoms with Crippen molar-refractivity contribution < 1.29 is 9.84 Å². The van der Waals surface area contributed by atoms with Crippen LogP contribution >= 0.6 is 0 Å².